The van der Waals surface area contributed by atoms with E-state index < -0.39 is 5.97 Å². The molecular formula is C22H23NO3. The molecule has 1 aromatic rings. The fraction of sp³-hybridized carbons (Fsp3) is 0.364. The lowest BCUT2D eigenvalue weighted by molar-refractivity contribution is -0.137. The first-order valence-electron chi connectivity index (χ1n) is 9.32. The average Bonchev–Trinajstić information content (AvgIpc) is 3.15. The molecule has 134 valence electrons. The summed E-state index contributed by atoms with van der Waals surface area (Å²) < 4.78 is 0. The Balaban J connectivity index is 1.66. The van der Waals surface area contributed by atoms with E-state index in [0.717, 1.165) is 35.2 Å². The van der Waals surface area contributed by atoms with Crippen LogP contribution in [0.15, 0.2) is 41.0 Å². The Kier molecular flexibility index (Phi) is 4.27. The number of aryl methyl sites for hydroxylation is 1. The number of carboxylic acid groups (broad SMARTS) is 1. The standard InChI is InChI=1S/C22H23NO3/c1-13-15(7-9-20(24)25)6-8-19-21(13)18(22(26)23-19)12-14-10-16-4-2-3-5-17(16)11-14/h6,8,10,12H,2-5,7,9,11H2,1H3,(H,23,26)(H,24,25). The van der Waals surface area contributed by atoms with Gasteiger partial charge in [-0.3, -0.25) is 9.59 Å². The molecule has 0 spiro atoms. The minimum atomic E-state index is -0.803. The first-order chi connectivity index (χ1) is 12.5. The maximum absolute atomic E-state index is 12.5. The maximum atomic E-state index is 12.5. The first kappa shape index (κ1) is 16.8. The molecule has 1 heterocycles. The Morgan fingerprint density at radius 1 is 1.27 bits per heavy atom. The van der Waals surface area contributed by atoms with Gasteiger partial charge in [-0.1, -0.05) is 17.7 Å². The number of benzene rings is 1. The van der Waals surface area contributed by atoms with E-state index in [9.17, 15) is 9.59 Å². The van der Waals surface area contributed by atoms with Crippen LogP contribution in [-0.4, -0.2) is 17.0 Å². The molecule has 26 heavy (non-hydrogen) atoms. The normalized spacial score (nSPS) is 20.1. The molecule has 1 aromatic carbocycles. The number of anilines is 1. The Morgan fingerprint density at radius 3 is 2.85 bits per heavy atom. The van der Waals surface area contributed by atoms with Gasteiger partial charge in [0.05, 0.1) is 0 Å². The largest absolute Gasteiger partial charge is 0.481 e. The molecule has 0 fully saturated rings. The topological polar surface area (TPSA) is 66.4 Å². The van der Waals surface area contributed by atoms with E-state index >= 15 is 0 Å². The summed E-state index contributed by atoms with van der Waals surface area (Å²) >= 11 is 0. The number of rotatable bonds is 4. The average molecular weight is 349 g/mol. The van der Waals surface area contributed by atoms with Crippen molar-refractivity contribution in [3.8, 4) is 0 Å². The van der Waals surface area contributed by atoms with Crippen molar-refractivity contribution >= 4 is 23.1 Å². The fourth-order valence-electron chi connectivity index (χ4n) is 4.33. The van der Waals surface area contributed by atoms with Crippen LogP contribution in [0.2, 0.25) is 0 Å². The fourth-order valence-corrected chi connectivity index (χ4v) is 4.33. The van der Waals surface area contributed by atoms with E-state index in [1.165, 1.54) is 36.0 Å². The summed E-state index contributed by atoms with van der Waals surface area (Å²) in [6, 6.07) is 3.82. The molecule has 1 amide bonds. The van der Waals surface area contributed by atoms with Gasteiger partial charge in [0.2, 0.25) is 0 Å². The predicted octanol–water partition coefficient (Wildman–Crippen LogP) is 4.55. The lowest BCUT2D eigenvalue weighted by Crippen LogP contribution is -2.04. The minimum Gasteiger partial charge on any atom is -0.481 e. The van der Waals surface area contributed by atoms with Crippen molar-refractivity contribution in [2.75, 3.05) is 5.32 Å². The third-order valence-electron chi connectivity index (χ3n) is 5.68. The maximum Gasteiger partial charge on any atom is 0.303 e. The van der Waals surface area contributed by atoms with E-state index in [4.69, 9.17) is 5.11 Å². The SMILES string of the molecule is Cc1c(CCC(=O)O)ccc2c1C(=CC1=CC3=C(CCCC3)C1)C(=O)N2. The van der Waals surface area contributed by atoms with Gasteiger partial charge in [0.25, 0.3) is 5.91 Å². The highest BCUT2D eigenvalue weighted by Gasteiger charge is 2.28. The third kappa shape index (κ3) is 3.00. The summed E-state index contributed by atoms with van der Waals surface area (Å²) in [7, 11) is 0. The van der Waals surface area contributed by atoms with Crippen molar-refractivity contribution in [2.24, 2.45) is 0 Å². The van der Waals surface area contributed by atoms with Crippen LogP contribution in [0, 0.1) is 6.92 Å². The van der Waals surface area contributed by atoms with Crippen LogP contribution in [0.5, 0.6) is 0 Å². The minimum absolute atomic E-state index is 0.0655. The number of allylic oxidation sites excluding steroid dienone is 5. The summed E-state index contributed by atoms with van der Waals surface area (Å²) in [4.78, 5) is 23.4. The molecule has 2 aliphatic carbocycles. The van der Waals surface area contributed by atoms with Gasteiger partial charge in [-0.25, -0.2) is 0 Å². The van der Waals surface area contributed by atoms with Crippen LogP contribution < -0.4 is 5.32 Å². The number of carboxylic acids is 1. The molecule has 3 aliphatic rings. The second-order valence-corrected chi connectivity index (χ2v) is 7.41. The molecule has 0 unspecified atom stereocenters. The number of fused-ring (bicyclic) bond motifs is 1. The molecule has 0 bridgehead atoms. The second-order valence-electron chi connectivity index (χ2n) is 7.41. The number of carbonyl (C=O) groups is 2. The molecule has 4 rings (SSSR count). The number of hydrogen-bond acceptors (Lipinski definition) is 2. The van der Waals surface area contributed by atoms with Gasteiger partial charge in [0.1, 0.15) is 0 Å². The zero-order valence-electron chi connectivity index (χ0n) is 15.0. The van der Waals surface area contributed by atoms with E-state index in [0.29, 0.717) is 12.0 Å². The highest BCUT2D eigenvalue weighted by molar-refractivity contribution is 6.32. The van der Waals surface area contributed by atoms with Gasteiger partial charge < -0.3 is 10.4 Å². The van der Waals surface area contributed by atoms with E-state index in [-0.39, 0.29) is 12.3 Å². The van der Waals surface area contributed by atoms with Crippen LogP contribution in [0.25, 0.3) is 5.57 Å². The second kappa shape index (κ2) is 6.60. The van der Waals surface area contributed by atoms with Crippen LogP contribution >= 0.6 is 0 Å². The molecule has 2 N–H and O–H groups in total. The van der Waals surface area contributed by atoms with Gasteiger partial charge >= 0.3 is 5.97 Å². The van der Waals surface area contributed by atoms with Crippen molar-refractivity contribution in [2.45, 2.75) is 51.9 Å². The molecule has 0 saturated heterocycles. The predicted molar refractivity (Wildman–Crippen MR) is 102 cm³/mol. The molecule has 4 heteroatoms. The number of aliphatic carboxylic acids is 1. The first-order valence-corrected chi connectivity index (χ1v) is 9.32. The molecule has 1 aliphatic heterocycles. The summed E-state index contributed by atoms with van der Waals surface area (Å²) in [5.74, 6) is -0.869. The van der Waals surface area contributed by atoms with E-state index in [1.54, 1.807) is 0 Å². The summed E-state index contributed by atoms with van der Waals surface area (Å²) in [5.41, 5.74) is 8.68. The van der Waals surface area contributed by atoms with Crippen molar-refractivity contribution < 1.29 is 14.7 Å². The van der Waals surface area contributed by atoms with Gasteiger partial charge in [-0.05, 0) is 79.9 Å². The highest BCUT2D eigenvalue weighted by atomic mass is 16.4. The van der Waals surface area contributed by atoms with Crippen LogP contribution in [-0.2, 0) is 16.0 Å². The Hall–Kier alpha value is -2.62. The molecule has 0 atom stereocenters. The van der Waals surface area contributed by atoms with Crippen molar-refractivity contribution in [3.05, 3.63) is 57.7 Å². The molecule has 0 radical (unpaired) electrons. The lowest BCUT2D eigenvalue weighted by Gasteiger charge is -2.12. The van der Waals surface area contributed by atoms with Gasteiger partial charge in [0.15, 0.2) is 0 Å². The molecule has 0 saturated carbocycles. The number of amides is 1. The monoisotopic (exact) mass is 349 g/mol. The Morgan fingerprint density at radius 2 is 2.08 bits per heavy atom. The summed E-state index contributed by atoms with van der Waals surface area (Å²) in [5, 5.41) is 11.9. The van der Waals surface area contributed by atoms with Crippen LogP contribution in [0.1, 0.15) is 55.2 Å². The third-order valence-corrected chi connectivity index (χ3v) is 5.68. The van der Waals surface area contributed by atoms with Crippen molar-refractivity contribution in [3.63, 3.8) is 0 Å². The summed E-state index contributed by atoms with van der Waals surface area (Å²) in [6.45, 7) is 1.98. The number of carbonyl (C=O) groups excluding carboxylic acids is 1. The highest BCUT2D eigenvalue weighted by Crippen LogP contribution is 2.40. The Labute approximate surface area is 153 Å². The molecule has 4 nitrogen and oxygen atoms in total. The van der Waals surface area contributed by atoms with Crippen LogP contribution in [0.3, 0.4) is 0 Å². The smallest absolute Gasteiger partial charge is 0.303 e. The van der Waals surface area contributed by atoms with Crippen molar-refractivity contribution in [1.82, 2.24) is 0 Å². The Bertz CT molecular complexity index is 902. The van der Waals surface area contributed by atoms with E-state index in [2.05, 4.69) is 11.4 Å². The zero-order valence-corrected chi connectivity index (χ0v) is 15.0. The zero-order chi connectivity index (χ0) is 18.3. The van der Waals surface area contributed by atoms with Gasteiger partial charge in [0, 0.05) is 23.2 Å². The summed E-state index contributed by atoms with van der Waals surface area (Å²) in [6.07, 6.45) is 10.7. The number of nitrogens with one attached hydrogen (secondary N) is 1. The van der Waals surface area contributed by atoms with Crippen molar-refractivity contribution in [1.29, 1.82) is 0 Å². The molecule has 0 aromatic heterocycles. The molecular weight excluding hydrogens is 326 g/mol. The quantitative estimate of drug-likeness (QED) is 0.784. The van der Waals surface area contributed by atoms with Crippen LogP contribution in [0.4, 0.5) is 5.69 Å². The van der Waals surface area contributed by atoms with Gasteiger partial charge in [-0.15, -0.1) is 0 Å². The van der Waals surface area contributed by atoms with Gasteiger partial charge in [-0.2, -0.15) is 0 Å². The lowest BCUT2D eigenvalue weighted by atomic mass is 9.92. The number of hydrogen-bond donors (Lipinski definition) is 2. The van der Waals surface area contributed by atoms with E-state index in [1.807, 2.05) is 25.1 Å².